The number of hydrogen-bond donors (Lipinski definition) is 5. The van der Waals surface area contributed by atoms with Crippen LogP contribution in [0.4, 0.5) is 0 Å². The molecule has 1 aliphatic heterocycles. The van der Waals surface area contributed by atoms with E-state index in [1.807, 2.05) is 67.6 Å². The Kier molecular flexibility index (Phi) is 10.5. The lowest BCUT2D eigenvalue weighted by Crippen LogP contribution is -2.58. The highest BCUT2D eigenvalue weighted by Crippen LogP contribution is 2.21. The first-order chi connectivity index (χ1) is 20.6. The average Bonchev–Trinajstić information content (AvgIpc) is 3.49. The molecule has 4 amide bonds. The van der Waals surface area contributed by atoms with Gasteiger partial charge in [0.15, 0.2) is 0 Å². The van der Waals surface area contributed by atoms with Crippen LogP contribution in [0.15, 0.2) is 78.9 Å². The van der Waals surface area contributed by atoms with Crippen LogP contribution in [0, 0.1) is 6.92 Å². The number of carbonyl (C=O) groups excluding carboxylic acids is 4. The number of carbonyl (C=O) groups is 4. The molecule has 0 radical (unpaired) electrons. The number of aromatic hydroxyl groups is 1. The van der Waals surface area contributed by atoms with Gasteiger partial charge in [0.2, 0.25) is 23.6 Å². The topological polar surface area (TPSA) is 168 Å². The molecule has 1 aliphatic rings. The Hall–Kier alpha value is -4.70. The van der Waals surface area contributed by atoms with Crippen molar-refractivity contribution < 1.29 is 24.3 Å². The molecule has 4 rings (SSSR count). The Morgan fingerprint density at radius 1 is 0.884 bits per heavy atom. The van der Waals surface area contributed by atoms with E-state index in [-0.39, 0.29) is 30.9 Å². The highest BCUT2D eigenvalue weighted by Gasteiger charge is 2.38. The molecule has 10 heteroatoms. The number of likely N-dealkylation sites (tertiary alicyclic amines) is 1. The van der Waals surface area contributed by atoms with Crippen LogP contribution >= 0.6 is 0 Å². The summed E-state index contributed by atoms with van der Waals surface area (Å²) in [7, 11) is 0. The number of aryl methyl sites for hydroxylation is 1. The van der Waals surface area contributed by atoms with E-state index in [4.69, 9.17) is 11.5 Å². The van der Waals surface area contributed by atoms with Gasteiger partial charge in [-0.05, 0) is 60.6 Å². The molecule has 4 atom stereocenters. The van der Waals surface area contributed by atoms with Gasteiger partial charge < -0.3 is 32.1 Å². The van der Waals surface area contributed by atoms with Crippen LogP contribution < -0.4 is 22.1 Å². The van der Waals surface area contributed by atoms with E-state index in [2.05, 4.69) is 10.6 Å². The Bertz CT molecular complexity index is 1430. The number of nitrogens with zero attached hydrogens (tertiary/aromatic N) is 1. The lowest BCUT2D eigenvalue weighted by atomic mass is 10.00. The first kappa shape index (κ1) is 31.2. The number of nitrogens with one attached hydrogen (secondary N) is 2. The summed E-state index contributed by atoms with van der Waals surface area (Å²) in [6, 6.07) is 19.6. The molecule has 1 fully saturated rings. The minimum Gasteiger partial charge on any atom is -0.508 e. The summed E-state index contributed by atoms with van der Waals surface area (Å²) in [5, 5.41) is 15.3. The van der Waals surface area contributed by atoms with Gasteiger partial charge in [-0.3, -0.25) is 19.2 Å². The van der Waals surface area contributed by atoms with Crippen molar-refractivity contribution in [3.8, 4) is 5.75 Å². The predicted molar refractivity (Wildman–Crippen MR) is 163 cm³/mol. The van der Waals surface area contributed by atoms with Crippen LogP contribution in [0.3, 0.4) is 0 Å². The van der Waals surface area contributed by atoms with Crippen molar-refractivity contribution >= 4 is 23.6 Å². The fourth-order valence-electron chi connectivity index (χ4n) is 5.42. The number of phenolic OH excluding ortho intramolecular Hbond substituents is 1. The van der Waals surface area contributed by atoms with Crippen LogP contribution in [0.1, 0.15) is 35.1 Å². The molecular formula is C33H39N5O5. The Morgan fingerprint density at radius 3 is 2.07 bits per heavy atom. The summed E-state index contributed by atoms with van der Waals surface area (Å²) >= 11 is 0. The van der Waals surface area contributed by atoms with Crippen molar-refractivity contribution in [2.75, 3.05) is 6.54 Å². The minimum absolute atomic E-state index is 0.133. The summed E-state index contributed by atoms with van der Waals surface area (Å²) in [6.07, 6.45) is 1.68. The standard InChI is InChI=1S/C33H39N5O5/c1-21-17-25(39)15-14-24(21)20-26(34)33(43)38-16-8-13-29(38)32(42)37-28(19-23-11-6-3-7-12-23)31(41)36-27(30(35)40)18-22-9-4-2-5-10-22/h2-7,9-12,14-15,17,26-29,39H,8,13,16,18-20,34H2,1H3,(H2,35,40)(H,36,41)(H,37,42)/t26-,27-,28-,29-/m0/s1. The number of rotatable bonds is 12. The SMILES string of the molecule is Cc1cc(O)ccc1C[C@H](N)C(=O)N1CCC[C@H]1C(=O)N[C@@H](Cc1ccccc1)C(=O)N[C@@H](Cc1ccccc1)C(N)=O. The summed E-state index contributed by atoms with van der Waals surface area (Å²) in [4.78, 5) is 54.3. The van der Waals surface area contributed by atoms with Gasteiger partial charge in [0.1, 0.15) is 23.9 Å². The number of primary amides is 1. The maximum absolute atomic E-state index is 13.6. The third kappa shape index (κ3) is 8.42. The van der Waals surface area contributed by atoms with Gasteiger partial charge in [-0.15, -0.1) is 0 Å². The lowest BCUT2D eigenvalue weighted by Gasteiger charge is -2.29. The Labute approximate surface area is 251 Å². The zero-order chi connectivity index (χ0) is 30.9. The van der Waals surface area contributed by atoms with Crippen molar-refractivity contribution in [1.29, 1.82) is 0 Å². The number of hydrogen-bond acceptors (Lipinski definition) is 6. The third-order valence-corrected chi connectivity index (χ3v) is 7.78. The molecule has 1 heterocycles. The van der Waals surface area contributed by atoms with E-state index >= 15 is 0 Å². The monoisotopic (exact) mass is 585 g/mol. The van der Waals surface area contributed by atoms with Crippen LogP contribution in [0.25, 0.3) is 0 Å². The molecule has 3 aromatic carbocycles. The number of phenols is 1. The molecule has 0 bridgehead atoms. The molecule has 0 saturated carbocycles. The molecular weight excluding hydrogens is 546 g/mol. The van der Waals surface area contributed by atoms with E-state index in [0.29, 0.717) is 19.4 Å². The molecule has 1 saturated heterocycles. The average molecular weight is 586 g/mol. The van der Waals surface area contributed by atoms with E-state index in [1.165, 1.54) is 4.90 Å². The van der Waals surface area contributed by atoms with Crippen molar-refractivity contribution in [1.82, 2.24) is 15.5 Å². The first-order valence-corrected chi connectivity index (χ1v) is 14.4. The summed E-state index contributed by atoms with van der Waals surface area (Å²) in [5.41, 5.74) is 15.2. The smallest absolute Gasteiger partial charge is 0.243 e. The van der Waals surface area contributed by atoms with E-state index in [9.17, 15) is 24.3 Å². The summed E-state index contributed by atoms with van der Waals surface area (Å²) in [6.45, 7) is 2.20. The normalized spacial score (nSPS) is 16.6. The van der Waals surface area contributed by atoms with Crippen molar-refractivity contribution in [2.45, 2.75) is 63.2 Å². The maximum atomic E-state index is 13.6. The van der Waals surface area contributed by atoms with E-state index in [1.54, 1.807) is 18.2 Å². The third-order valence-electron chi connectivity index (χ3n) is 7.78. The van der Waals surface area contributed by atoms with Gasteiger partial charge in [-0.1, -0.05) is 66.7 Å². The number of benzene rings is 3. The number of nitrogens with two attached hydrogens (primary N) is 2. The lowest BCUT2D eigenvalue weighted by molar-refractivity contribution is -0.140. The second kappa shape index (κ2) is 14.5. The number of amides is 4. The highest BCUT2D eigenvalue weighted by molar-refractivity contribution is 5.95. The fourth-order valence-corrected chi connectivity index (χ4v) is 5.42. The minimum atomic E-state index is -1.02. The van der Waals surface area contributed by atoms with Crippen molar-refractivity contribution in [2.24, 2.45) is 11.5 Å². The molecule has 10 nitrogen and oxygen atoms in total. The molecule has 7 N–H and O–H groups in total. The highest BCUT2D eigenvalue weighted by atomic mass is 16.3. The maximum Gasteiger partial charge on any atom is 0.243 e. The van der Waals surface area contributed by atoms with E-state index in [0.717, 1.165) is 22.3 Å². The van der Waals surface area contributed by atoms with Crippen molar-refractivity contribution in [3.63, 3.8) is 0 Å². The van der Waals surface area contributed by atoms with Crippen LogP contribution in [0.2, 0.25) is 0 Å². The second-order valence-corrected chi connectivity index (χ2v) is 11.0. The second-order valence-electron chi connectivity index (χ2n) is 11.0. The van der Waals surface area contributed by atoms with Gasteiger partial charge >= 0.3 is 0 Å². The zero-order valence-corrected chi connectivity index (χ0v) is 24.2. The first-order valence-electron chi connectivity index (χ1n) is 14.4. The zero-order valence-electron chi connectivity index (χ0n) is 24.2. The van der Waals surface area contributed by atoms with Gasteiger partial charge in [0, 0.05) is 19.4 Å². The Balaban J connectivity index is 1.47. The summed E-state index contributed by atoms with van der Waals surface area (Å²) < 4.78 is 0. The van der Waals surface area contributed by atoms with Crippen LogP contribution in [-0.4, -0.2) is 64.3 Å². The largest absolute Gasteiger partial charge is 0.508 e. The molecule has 0 unspecified atom stereocenters. The molecule has 226 valence electrons. The van der Waals surface area contributed by atoms with Crippen LogP contribution in [-0.2, 0) is 38.4 Å². The van der Waals surface area contributed by atoms with E-state index < -0.39 is 41.9 Å². The van der Waals surface area contributed by atoms with Gasteiger partial charge in [0.05, 0.1) is 6.04 Å². The van der Waals surface area contributed by atoms with Gasteiger partial charge in [-0.2, -0.15) is 0 Å². The predicted octanol–water partition coefficient (Wildman–Crippen LogP) is 1.50. The van der Waals surface area contributed by atoms with Gasteiger partial charge in [0.25, 0.3) is 0 Å². The fraction of sp³-hybridized carbons (Fsp3) is 0.333. The molecule has 3 aromatic rings. The quantitative estimate of drug-likeness (QED) is 0.216. The van der Waals surface area contributed by atoms with Crippen LogP contribution in [0.5, 0.6) is 5.75 Å². The Morgan fingerprint density at radius 2 is 1.49 bits per heavy atom. The molecule has 43 heavy (non-hydrogen) atoms. The molecule has 0 aliphatic carbocycles. The summed E-state index contributed by atoms with van der Waals surface area (Å²) in [5.74, 6) is -1.92. The van der Waals surface area contributed by atoms with Crippen molar-refractivity contribution in [3.05, 3.63) is 101 Å². The molecule has 0 spiro atoms. The molecule has 0 aromatic heterocycles. The van der Waals surface area contributed by atoms with Gasteiger partial charge in [-0.25, -0.2) is 0 Å².